The van der Waals surface area contributed by atoms with Gasteiger partial charge in [-0.1, -0.05) is 12.1 Å². The lowest BCUT2D eigenvalue weighted by Gasteiger charge is -2.28. The number of nitrogens with zero attached hydrogens (tertiary/aromatic N) is 2. The number of carbonyl (C=O) groups is 1. The van der Waals surface area contributed by atoms with Gasteiger partial charge in [0.05, 0.1) is 11.7 Å². The van der Waals surface area contributed by atoms with Gasteiger partial charge < -0.3 is 5.32 Å². The van der Waals surface area contributed by atoms with E-state index in [1.165, 1.54) is 5.56 Å². The van der Waals surface area contributed by atoms with Gasteiger partial charge in [-0.3, -0.25) is 4.79 Å². The van der Waals surface area contributed by atoms with E-state index in [0.29, 0.717) is 17.6 Å². The normalized spacial score (nSPS) is 19.4. The highest BCUT2D eigenvalue weighted by Gasteiger charge is 2.28. The fourth-order valence-corrected chi connectivity index (χ4v) is 5.88. The summed E-state index contributed by atoms with van der Waals surface area (Å²) < 4.78 is 36.5. The van der Waals surface area contributed by atoms with Gasteiger partial charge in [0.2, 0.25) is 15.9 Å². The molecule has 4 rings (SSSR count). The molecule has 0 unspecified atom stereocenters. The first-order valence-electron chi connectivity index (χ1n) is 10.4. The Bertz CT molecular complexity index is 1200. The maximum Gasteiger partial charge on any atom is 0.242 e. The molecule has 9 heteroatoms. The van der Waals surface area contributed by atoms with Crippen LogP contribution < -0.4 is 10.0 Å². The Labute approximate surface area is 186 Å². The fraction of sp³-hybridized carbons (Fsp3) is 0.409. The van der Waals surface area contributed by atoms with Crippen molar-refractivity contribution in [2.45, 2.75) is 44.4 Å². The number of sulfonamides is 1. The molecule has 1 saturated carbocycles. The second-order valence-corrected chi connectivity index (χ2v) is 10.5. The van der Waals surface area contributed by atoms with Crippen molar-refractivity contribution in [3.63, 3.8) is 0 Å². The molecule has 1 amide bonds. The van der Waals surface area contributed by atoms with Crippen LogP contribution in [-0.2, 0) is 14.8 Å². The summed E-state index contributed by atoms with van der Waals surface area (Å²) in [4.78, 5) is 12.8. The molecule has 1 aliphatic rings. The highest BCUT2D eigenvalue weighted by molar-refractivity contribution is 7.89. The van der Waals surface area contributed by atoms with Crippen molar-refractivity contribution in [2.24, 2.45) is 11.8 Å². The van der Waals surface area contributed by atoms with Gasteiger partial charge in [-0.25, -0.2) is 13.1 Å². The Morgan fingerprint density at radius 1 is 1.06 bits per heavy atom. The lowest BCUT2D eigenvalue weighted by Crippen LogP contribution is -2.33. The van der Waals surface area contributed by atoms with Crippen molar-refractivity contribution in [2.75, 3.05) is 11.9 Å². The number of benzene rings is 2. The highest BCUT2D eigenvalue weighted by Crippen LogP contribution is 2.30. The molecule has 2 N–H and O–H groups in total. The lowest BCUT2D eigenvalue weighted by molar-refractivity contribution is -0.121. The number of nitrogens with one attached hydrogen (secondary N) is 2. The van der Waals surface area contributed by atoms with E-state index in [1.807, 2.05) is 32.0 Å². The van der Waals surface area contributed by atoms with Crippen molar-refractivity contribution >= 4 is 44.4 Å². The van der Waals surface area contributed by atoms with E-state index in [2.05, 4.69) is 18.8 Å². The molecule has 0 spiro atoms. The molecule has 31 heavy (non-hydrogen) atoms. The zero-order valence-corrected chi connectivity index (χ0v) is 19.2. The van der Waals surface area contributed by atoms with Crippen LogP contribution in [0.25, 0.3) is 11.0 Å². The summed E-state index contributed by atoms with van der Waals surface area (Å²) in [5, 5.41) is 3.02. The van der Waals surface area contributed by atoms with E-state index in [4.69, 9.17) is 0 Å². The maximum absolute atomic E-state index is 12.8. The lowest BCUT2D eigenvalue weighted by atomic mass is 9.81. The maximum atomic E-state index is 12.8. The van der Waals surface area contributed by atoms with Crippen LogP contribution in [0.5, 0.6) is 0 Å². The Hall–Kier alpha value is -2.36. The molecule has 1 heterocycles. The predicted molar refractivity (Wildman–Crippen MR) is 123 cm³/mol. The summed E-state index contributed by atoms with van der Waals surface area (Å²) in [5.41, 5.74) is 4.17. The minimum atomic E-state index is -3.66. The van der Waals surface area contributed by atoms with Gasteiger partial charge in [-0.05, 0) is 80.8 Å². The van der Waals surface area contributed by atoms with Crippen LogP contribution in [0.2, 0.25) is 0 Å². The third-order valence-corrected chi connectivity index (χ3v) is 8.09. The van der Waals surface area contributed by atoms with Crippen molar-refractivity contribution in [1.29, 1.82) is 0 Å². The van der Waals surface area contributed by atoms with Gasteiger partial charge in [0, 0.05) is 18.2 Å². The third kappa shape index (κ3) is 4.94. The molecule has 2 aromatic carbocycles. The first kappa shape index (κ1) is 21.9. The van der Waals surface area contributed by atoms with Gasteiger partial charge in [0.15, 0.2) is 0 Å². The molecule has 1 fully saturated rings. The van der Waals surface area contributed by atoms with Crippen LogP contribution in [0.3, 0.4) is 0 Å². The minimum Gasteiger partial charge on any atom is -0.326 e. The molecule has 0 atom stereocenters. The van der Waals surface area contributed by atoms with Crippen LogP contribution in [0.15, 0.2) is 41.3 Å². The Balaban J connectivity index is 1.30. The number of hydrogen-bond acceptors (Lipinski definition) is 6. The molecule has 0 aliphatic heterocycles. The minimum absolute atomic E-state index is 0.0377. The van der Waals surface area contributed by atoms with E-state index >= 15 is 0 Å². The Kier molecular flexibility index (Phi) is 6.36. The smallest absolute Gasteiger partial charge is 0.242 e. The van der Waals surface area contributed by atoms with Crippen LogP contribution in [0.4, 0.5) is 5.69 Å². The second kappa shape index (κ2) is 9.02. The summed E-state index contributed by atoms with van der Waals surface area (Å²) >= 11 is 1.00. The standard InChI is InChI=1S/C22H26N4O3S2/c1-14-6-11-18(12-15(14)2)24-22(27)17-9-7-16(8-10-17)13-23-31(28,29)20-5-3-4-19-21(20)26-30-25-19/h3-6,11-12,16-17,23H,7-10,13H2,1-2H3,(H,24,27). The average Bonchev–Trinajstić information content (AvgIpc) is 3.24. The topological polar surface area (TPSA) is 101 Å². The van der Waals surface area contributed by atoms with Gasteiger partial charge in [-0.15, -0.1) is 0 Å². The van der Waals surface area contributed by atoms with Crippen molar-refractivity contribution < 1.29 is 13.2 Å². The summed E-state index contributed by atoms with van der Waals surface area (Å²) in [7, 11) is -3.66. The summed E-state index contributed by atoms with van der Waals surface area (Å²) in [6.07, 6.45) is 3.15. The molecule has 3 aromatic rings. The monoisotopic (exact) mass is 458 g/mol. The number of amides is 1. The van der Waals surface area contributed by atoms with E-state index in [9.17, 15) is 13.2 Å². The summed E-state index contributed by atoms with van der Waals surface area (Å²) in [6.45, 7) is 4.44. The molecule has 164 valence electrons. The number of hydrogen-bond donors (Lipinski definition) is 2. The number of rotatable bonds is 6. The highest BCUT2D eigenvalue weighted by atomic mass is 32.2. The predicted octanol–water partition coefficient (Wildman–Crippen LogP) is 4.03. The van der Waals surface area contributed by atoms with E-state index in [1.54, 1.807) is 18.2 Å². The van der Waals surface area contributed by atoms with Crippen LogP contribution in [0.1, 0.15) is 36.8 Å². The third-order valence-electron chi connectivity index (χ3n) is 6.09. The molecule has 1 aromatic heterocycles. The number of anilines is 1. The molecule has 1 aliphatic carbocycles. The van der Waals surface area contributed by atoms with Crippen molar-refractivity contribution in [1.82, 2.24) is 13.5 Å². The SMILES string of the molecule is Cc1ccc(NC(=O)C2CCC(CNS(=O)(=O)c3cccc4nsnc34)CC2)cc1C. The zero-order valence-electron chi connectivity index (χ0n) is 17.6. The number of carbonyl (C=O) groups excluding carboxylic acids is 1. The summed E-state index contributed by atoms with van der Waals surface area (Å²) in [6, 6.07) is 10.9. The van der Waals surface area contributed by atoms with E-state index in [-0.39, 0.29) is 22.6 Å². The molecular weight excluding hydrogens is 432 g/mol. The molecule has 0 radical (unpaired) electrons. The first-order valence-corrected chi connectivity index (χ1v) is 12.6. The van der Waals surface area contributed by atoms with Crippen molar-refractivity contribution in [3.05, 3.63) is 47.5 Å². The zero-order chi connectivity index (χ0) is 22.0. The molecule has 7 nitrogen and oxygen atoms in total. The van der Waals surface area contributed by atoms with Gasteiger partial charge in [-0.2, -0.15) is 8.75 Å². The van der Waals surface area contributed by atoms with E-state index < -0.39 is 10.0 Å². The Morgan fingerprint density at radius 3 is 2.58 bits per heavy atom. The Morgan fingerprint density at radius 2 is 1.84 bits per heavy atom. The van der Waals surface area contributed by atoms with Gasteiger partial charge >= 0.3 is 0 Å². The van der Waals surface area contributed by atoms with Crippen LogP contribution >= 0.6 is 11.7 Å². The summed E-state index contributed by atoms with van der Waals surface area (Å²) in [5.74, 6) is 0.225. The largest absolute Gasteiger partial charge is 0.326 e. The van der Waals surface area contributed by atoms with Crippen molar-refractivity contribution in [3.8, 4) is 0 Å². The second-order valence-electron chi connectivity index (χ2n) is 8.25. The molecule has 0 bridgehead atoms. The molecular formula is C22H26N4O3S2. The number of aryl methyl sites for hydroxylation is 2. The quantitative estimate of drug-likeness (QED) is 0.581. The van der Waals surface area contributed by atoms with Gasteiger partial charge in [0.25, 0.3) is 0 Å². The van der Waals surface area contributed by atoms with Crippen LogP contribution in [0, 0.1) is 25.7 Å². The molecule has 0 saturated heterocycles. The number of fused-ring (bicyclic) bond motifs is 1. The number of aromatic nitrogens is 2. The fourth-order valence-electron chi connectivity index (χ4n) is 4.00. The van der Waals surface area contributed by atoms with Crippen LogP contribution in [-0.4, -0.2) is 29.6 Å². The first-order chi connectivity index (χ1) is 14.8. The van der Waals surface area contributed by atoms with Gasteiger partial charge in [0.1, 0.15) is 15.9 Å². The van der Waals surface area contributed by atoms with E-state index in [0.717, 1.165) is 48.7 Å². The average molecular weight is 459 g/mol.